The molecule has 0 radical (unpaired) electrons. The smallest absolute Gasteiger partial charge is 0.323 e. The quantitative estimate of drug-likeness (QED) is 0.418. The first-order valence-corrected chi connectivity index (χ1v) is 12.0. The Hall–Kier alpha value is -2.46. The standard InChI is InChI=1S/C22H23Br2N5O3/c23-16-10-14(11-17(24)20(16)25)18(30)3-4-19(31)28-8-5-15(6-9-28)29-12-13-2-1-7-26-21(13)27-22(29)32/h1-2,7,10-11,15H,3-6,8-9,12,25H2,(H,26,27,32). The minimum atomic E-state index is -0.146. The second-order valence-corrected chi connectivity index (χ2v) is 9.67. The Morgan fingerprint density at radius 1 is 1.16 bits per heavy atom. The molecule has 168 valence electrons. The fraction of sp³-hybridized carbons (Fsp3) is 0.364. The first-order valence-electron chi connectivity index (χ1n) is 10.4. The molecule has 0 saturated carbocycles. The maximum Gasteiger partial charge on any atom is 0.323 e. The van der Waals surface area contributed by atoms with Gasteiger partial charge in [-0.2, -0.15) is 0 Å². The van der Waals surface area contributed by atoms with Gasteiger partial charge in [0.25, 0.3) is 0 Å². The summed E-state index contributed by atoms with van der Waals surface area (Å²) in [5, 5.41) is 2.84. The highest BCUT2D eigenvalue weighted by atomic mass is 79.9. The number of rotatable bonds is 5. The zero-order valence-electron chi connectivity index (χ0n) is 17.3. The van der Waals surface area contributed by atoms with Crippen LogP contribution in [0.4, 0.5) is 16.3 Å². The number of carbonyl (C=O) groups is 3. The van der Waals surface area contributed by atoms with Crippen LogP contribution in [0.25, 0.3) is 0 Å². The van der Waals surface area contributed by atoms with E-state index in [0.717, 1.165) is 5.56 Å². The predicted octanol–water partition coefficient (Wildman–Crippen LogP) is 4.19. The van der Waals surface area contributed by atoms with Gasteiger partial charge >= 0.3 is 6.03 Å². The van der Waals surface area contributed by atoms with Crippen LogP contribution in [0.3, 0.4) is 0 Å². The summed E-state index contributed by atoms with van der Waals surface area (Å²) in [7, 11) is 0. The third-order valence-corrected chi connectivity index (χ3v) is 7.26. The van der Waals surface area contributed by atoms with Crippen molar-refractivity contribution in [3.63, 3.8) is 0 Å². The van der Waals surface area contributed by atoms with Crippen molar-refractivity contribution in [1.82, 2.24) is 14.8 Å². The van der Waals surface area contributed by atoms with E-state index >= 15 is 0 Å². The summed E-state index contributed by atoms with van der Waals surface area (Å²) in [6.45, 7) is 1.66. The van der Waals surface area contributed by atoms with Crippen LogP contribution in [0.5, 0.6) is 0 Å². The van der Waals surface area contributed by atoms with Crippen LogP contribution >= 0.6 is 31.9 Å². The van der Waals surface area contributed by atoms with Gasteiger partial charge in [0.2, 0.25) is 5.91 Å². The van der Waals surface area contributed by atoms with Crippen LogP contribution in [0.2, 0.25) is 0 Å². The highest BCUT2D eigenvalue weighted by Crippen LogP contribution is 2.30. The summed E-state index contributed by atoms with van der Waals surface area (Å²) in [6.07, 6.45) is 3.38. The Kier molecular flexibility index (Phi) is 6.80. The molecule has 2 aliphatic rings. The molecule has 0 atom stereocenters. The number of nitrogens with zero attached hydrogens (tertiary/aromatic N) is 3. The average Bonchev–Trinajstić information content (AvgIpc) is 2.80. The van der Waals surface area contributed by atoms with Gasteiger partial charge in [-0.3, -0.25) is 14.9 Å². The van der Waals surface area contributed by atoms with Crippen LogP contribution in [0, 0.1) is 0 Å². The number of benzene rings is 1. The van der Waals surface area contributed by atoms with Crippen molar-refractivity contribution < 1.29 is 14.4 Å². The van der Waals surface area contributed by atoms with Gasteiger partial charge < -0.3 is 15.5 Å². The molecule has 1 fully saturated rings. The molecule has 1 aromatic heterocycles. The molecule has 0 bridgehead atoms. The van der Waals surface area contributed by atoms with Gasteiger partial charge in [-0.05, 0) is 62.9 Å². The molecule has 3 N–H and O–H groups in total. The van der Waals surface area contributed by atoms with Crippen molar-refractivity contribution in [2.24, 2.45) is 0 Å². The summed E-state index contributed by atoms with van der Waals surface area (Å²) in [5.41, 5.74) is 7.90. The fourth-order valence-electron chi connectivity index (χ4n) is 4.10. The highest BCUT2D eigenvalue weighted by molar-refractivity contribution is 9.11. The van der Waals surface area contributed by atoms with Crippen LogP contribution in [-0.2, 0) is 11.3 Å². The number of pyridine rings is 1. The number of aromatic nitrogens is 1. The van der Waals surface area contributed by atoms with Crippen molar-refractivity contribution in [1.29, 1.82) is 0 Å². The molecular weight excluding hydrogens is 542 g/mol. The largest absolute Gasteiger partial charge is 0.397 e. The molecule has 0 aliphatic carbocycles. The van der Waals surface area contributed by atoms with E-state index in [2.05, 4.69) is 42.2 Å². The Bertz CT molecular complexity index is 1050. The number of Topliss-reactive ketones (excluding diaryl/α,β-unsaturated/α-hetero) is 1. The molecular formula is C22H23Br2N5O3. The summed E-state index contributed by atoms with van der Waals surface area (Å²) in [5.74, 6) is 0.473. The van der Waals surface area contributed by atoms with Crippen molar-refractivity contribution in [2.45, 2.75) is 38.3 Å². The lowest BCUT2D eigenvalue weighted by atomic mass is 10.0. The number of carbonyl (C=O) groups excluding carboxylic acids is 3. The number of urea groups is 1. The monoisotopic (exact) mass is 563 g/mol. The van der Waals surface area contributed by atoms with Crippen LogP contribution in [-0.4, -0.2) is 51.6 Å². The molecule has 0 unspecified atom stereocenters. The number of anilines is 2. The molecule has 4 rings (SSSR count). The zero-order valence-corrected chi connectivity index (χ0v) is 20.5. The zero-order chi connectivity index (χ0) is 22.8. The minimum absolute atomic E-state index is 0.0389. The lowest BCUT2D eigenvalue weighted by molar-refractivity contribution is -0.132. The Labute approximate surface area is 202 Å². The van der Waals surface area contributed by atoms with Crippen molar-refractivity contribution in [3.8, 4) is 0 Å². The van der Waals surface area contributed by atoms with E-state index in [9.17, 15) is 14.4 Å². The Balaban J connectivity index is 1.28. The fourth-order valence-corrected chi connectivity index (χ4v) is 5.28. The topological polar surface area (TPSA) is 109 Å². The summed E-state index contributed by atoms with van der Waals surface area (Å²) in [4.78, 5) is 45.5. The van der Waals surface area contributed by atoms with Crippen molar-refractivity contribution in [3.05, 3.63) is 50.5 Å². The summed E-state index contributed by atoms with van der Waals surface area (Å²) >= 11 is 6.68. The number of hydrogen-bond acceptors (Lipinski definition) is 5. The van der Waals surface area contributed by atoms with Gasteiger partial charge in [0.15, 0.2) is 5.78 Å². The number of nitrogens with one attached hydrogen (secondary N) is 1. The van der Waals surface area contributed by atoms with Gasteiger partial charge in [0.05, 0.1) is 12.2 Å². The van der Waals surface area contributed by atoms with Crippen LogP contribution < -0.4 is 11.1 Å². The lowest BCUT2D eigenvalue weighted by Crippen LogP contribution is -2.51. The number of likely N-dealkylation sites (tertiary alicyclic amines) is 1. The Morgan fingerprint density at radius 2 is 1.84 bits per heavy atom. The van der Waals surface area contributed by atoms with Crippen LogP contribution in [0.1, 0.15) is 41.6 Å². The van der Waals surface area contributed by atoms with E-state index < -0.39 is 0 Å². The minimum Gasteiger partial charge on any atom is -0.397 e. The van der Waals surface area contributed by atoms with E-state index in [1.54, 1.807) is 23.2 Å². The van der Waals surface area contributed by atoms with Gasteiger partial charge in [0, 0.05) is 58.2 Å². The van der Waals surface area contributed by atoms with Crippen LogP contribution in [0.15, 0.2) is 39.4 Å². The average molecular weight is 565 g/mol. The van der Waals surface area contributed by atoms with Crippen molar-refractivity contribution >= 4 is 61.1 Å². The predicted molar refractivity (Wildman–Crippen MR) is 128 cm³/mol. The third kappa shape index (κ3) is 4.80. The molecule has 2 aliphatic heterocycles. The molecule has 32 heavy (non-hydrogen) atoms. The summed E-state index contributed by atoms with van der Waals surface area (Å²) < 4.78 is 1.28. The molecule has 2 aromatic rings. The second kappa shape index (κ2) is 9.58. The molecule has 3 amide bonds. The molecule has 10 heteroatoms. The number of ketones is 1. The number of nitrogen functional groups attached to an aromatic ring is 1. The maximum absolute atomic E-state index is 12.7. The lowest BCUT2D eigenvalue weighted by Gasteiger charge is -2.40. The maximum atomic E-state index is 12.7. The van der Waals surface area contributed by atoms with E-state index in [0.29, 0.717) is 58.5 Å². The highest BCUT2D eigenvalue weighted by Gasteiger charge is 2.33. The van der Waals surface area contributed by atoms with Crippen molar-refractivity contribution in [2.75, 3.05) is 24.1 Å². The normalized spacial score (nSPS) is 16.5. The van der Waals surface area contributed by atoms with E-state index in [-0.39, 0.29) is 36.6 Å². The first-order chi connectivity index (χ1) is 15.3. The Morgan fingerprint density at radius 3 is 2.53 bits per heavy atom. The number of nitrogens with two attached hydrogens (primary N) is 1. The molecule has 3 heterocycles. The first kappa shape index (κ1) is 22.7. The third-order valence-electron chi connectivity index (χ3n) is 5.94. The summed E-state index contributed by atoms with van der Waals surface area (Å²) in [6, 6.07) is 7.10. The number of halogens is 2. The number of fused-ring (bicyclic) bond motifs is 1. The molecule has 1 saturated heterocycles. The number of piperidine rings is 1. The van der Waals surface area contributed by atoms with Gasteiger partial charge in [-0.1, -0.05) is 6.07 Å². The van der Waals surface area contributed by atoms with E-state index in [4.69, 9.17) is 5.73 Å². The van der Waals surface area contributed by atoms with Gasteiger partial charge in [0.1, 0.15) is 5.82 Å². The second-order valence-electron chi connectivity index (χ2n) is 7.96. The van der Waals surface area contributed by atoms with Gasteiger partial charge in [-0.25, -0.2) is 9.78 Å². The van der Waals surface area contributed by atoms with E-state index in [1.807, 2.05) is 17.0 Å². The molecule has 0 spiro atoms. The van der Waals surface area contributed by atoms with E-state index in [1.165, 1.54) is 0 Å². The molecule has 8 nitrogen and oxygen atoms in total. The SMILES string of the molecule is Nc1c(Br)cc(C(=O)CCC(=O)N2CCC(N3Cc4cccnc4NC3=O)CC2)cc1Br. The molecule has 1 aromatic carbocycles. The number of amides is 3. The number of hydrogen-bond donors (Lipinski definition) is 2. The van der Waals surface area contributed by atoms with Gasteiger partial charge in [-0.15, -0.1) is 0 Å².